The summed E-state index contributed by atoms with van der Waals surface area (Å²) in [6.07, 6.45) is 0.460. The number of hydrogen-bond acceptors (Lipinski definition) is 2. The third-order valence-corrected chi connectivity index (χ3v) is 3.36. The van der Waals surface area contributed by atoms with Crippen LogP contribution in [0.2, 0.25) is 0 Å². The second kappa shape index (κ2) is 6.07. The number of halogens is 2. The molecule has 0 heterocycles. The molecule has 1 rings (SSSR count). The second-order valence-electron chi connectivity index (χ2n) is 4.82. The molecule has 1 aromatic rings. The quantitative estimate of drug-likeness (QED) is 0.615. The van der Waals surface area contributed by atoms with Crippen LogP contribution in [0.5, 0.6) is 0 Å². The number of nitrogens with one attached hydrogen (secondary N) is 1. The van der Waals surface area contributed by atoms with Crippen molar-refractivity contribution < 1.29 is 8.78 Å². The third-order valence-electron chi connectivity index (χ3n) is 3.36. The summed E-state index contributed by atoms with van der Waals surface area (Å²) in [5, 5.41) is 0. The molecule has 3 N–H and O–H groups in total. The van der Waals surface area contributed by atoms with E-state index in [9.17, 15) is 8.78 Å². The standard InChI is InChI=1S/C13H20F2N2/c1-8(2)9(3)13(17-16)6-10-4-5-11(14)7-12(10)15/h4-5,7-9,13,17H,6,16H2,1-3H3. The Bertz CT molecular complexity index is 366. The van der Waals surface area contributed by atoms with Gasteiger partial charge in [-0.25, -0.2) is 8.78 Å². The van der Waals surface area contributed by atoms with Gasteiger partial charge in [-0.3, -0.25) is 11.3 Å². The van der Waals surface area contributed by atoms with Crippen molar-refractivity contribution in [1.29, 1.82) is 0 Å². The Morgan fingerprint density at radius 3 is 2.35 bits per heavy atom. The fraction of sp³-hybridized carbons (Fsp3) is 0.538. The van der Waals surface area contributed by atoms with E-state index in [4.69, 9.17) is 5.84 Å². The Balaban J connectivity index is 2.80. The van der Waals surface area contributed by atoms with Crippen molar-refractivity contribution in [2.45, 2.75) is 33.2 Å². The van der Waals surface area contributed by atoms with Crippen LogP contribution in [-0.2, 0) is 6.42 Å². The van der Waals surface area contributed by atoms with Crippen LogP contribution in [-0.4, -0.2) is 6.04 Å². The van der Waals surface area contributed by atoms with Gasteiger partial charge in [-0.15, -0.1) is 0 Å². The summed E-state index contributed by atoms with van der Waals surface area (Å²) in [5.41, 5.74) is 3.20. The van der Waals surface area contributed by atoms with Gasteiger partial charge >= 0.3 is 0 Å². The van der Waals surface area contributed by atoms with Crippen molar-refractivity contribution in [3.63, 3.8) is 0 Å². The maximum atomic E-state index is 13.5. The lowest BCUT2D eigenvalue weighted by Crippen LogP contribution is -2.43. The Hall–Kier alpha value is -1.00. The monoisotopic (exact) mass is 242 g/mol. The van der Waals surface area contributed by atoms with Gasteiger partial charge in [-0.1, -0.05) is 26.8 Å². The molecule has 0 saturated carbocycles. The Labute approximate surface area is 101 Å². The van der Waals surface area contributed by atoms with E-state index in [-0.39, 0.29) is 6.04 Å². The molecule has 2 nitrogen and oxygen atoms in total. The number of nitrogens with two attached hydrogens (primary N) is 1. The first-order valence-electron chi connectivity index (χ1n) is 5.85. The van der Waals surface area contributed by atoms with Crippen LogP contribution >= 0.6 is 0 Å². The van der Waals surface area contributed by atoms with Crippen molar-refractivity contribution in [2.75, 3.05) is 0 Å². The Morgan fingerprint density at radius 1 is 1.24 bits per heavy atom. The first-order valence-corrected chi connectivity index (χ1v) is 5.85. The lowest BCUT2D eigenvalue weighted by Gasteiger charge is -2.26. The minimum atomic E-state index is -0.555. The minimum absolute atomic E-state index is 0.0186. The lowest BCUT2D eigenvalue weighted by atomic mass is 9.87. The zero-order chi connectivity index (χ0) is 13.0. The third kappa shape index (κ3) is 3.75. The molecule has 0 radical (unpaired) electrons. The van der Waals surface area contributed by atoms with E-state index in [1.165, 1.54) is 12.1 Å². The molecular formula is C13H20F2N2. The summed E-state index contributed by atoms with van der Waals surface area (Å²) in [6.45, 7) is 6.25. The van der Waals surface area contributed by atoms with E-state index < -0.39 is 11.6 Å². The summed E-state index contributed by atoms with van der Waals surface area (Å²) in [6, 6.07) is 3.63. The average Bonchev–Trinajstić information content (AvgIpc) is 2.27. The van der Waals surface area contributed by atoms with Crippen molar-refractivity contribution in [3.8, 4) is 0 Å². The van der Waals surface area contributed by atoms with E-state index in [0.717, 1.165) is 6.07 Å². The van der Waals surface area contributed by atoms with Crippen molar-refractivity contribution in [1.82, 2.24) is 5.43 Å². The molecule has 0 amide bonds. The predicted molar refractivity (Wildman–Crippen MR) is 65.2 cm³/mol. The van der Waals surface area contributed by atoms with Crippen LogP contribution in [0.1, 0.15) is 26.3 Å². The zero-order valence-corrected chi connectivity index (χ0v) is 10.5. The van der Waals surface area contributed by atoms with E-state index in [1.54, 1.807) is 0 Å². The molecule has 0 spiro atoms. The molecule has 0 fully saturated rings. The summed E-state index contributed by atoms with van der Waals surface area (Å²) in [5.74, 6) is 5.18. The van der Waals surface area contributed by atoms with Gasteiger partial charge in [0, 0.05) is 12.1 Å². The fourth-order valence-electron chi connectivity index (χ4n) is 1.79. The number of benzene rings is 1. The molecule has 0 aliphatic rings. The summed E-state index contributed by atoms with van der Waals surface area (Å²) in [4.78, 5) is 0. The number of rotatable bonds is 5. The zero-order valence-electron chi connectivity index (χ0n) is 10.5. The SMILES string of the molecule is CC(C)C(C)C(Cc1ccc(F)cc1F)NN. The van der Waals surface area contributed by atoms with Crippen molar-refractivity contribution >= 4 is 0 Å². The van der Waals surface area contributed by atoms with E-state index in [1.807, 2.05) is 0 Å². The van der Waals surface area contributed by atoms with Gasteiger partial charge in [-0.2, -0.15) is 0 Å². The molecular weight excluding hydrogens is 222 g/mol. The van der Waals surface area contributed by atoms with Crippen LogP contribution in [0.25, 0.3) is 0 Å². The van der Waals surface area contributed by atoms with E-state index >= 15 is 0 Å². The normalized spacial score (nSPS) is 15.0. The molecule has 1 aromatic carbocycles. The van der Waals surface area contributed by atoms with Gasteiger partial charge in [0.2, 0.25) is 0 Å². The second-order valence-corrected chi connectivity index (χ2v) is 4.82. The fourth-order valence-corrected chi connectivity index (χ4v) is 1.79. The molecule has 0 aliphatic carbocycles. The largest absolute Gasteiger partial charge is 0.271 e. The van der Waals surface area contributed by atoms with Gasteiger partial charge < -0.3 is 0 Å². The van der Waals surface area contributed by atoms with Gasteiger partial charge in [-0.05, 0) is 29.9 Å². The Morgan fingerprint density at radius 2 is 1.88 bits per heavy atom. The van der Waals surface area contributed by atoms with Crippen LogP contribution in [0.3, 0.4) is 0 Å². The minimum Gasteiger partial charge on any atom is -0.271 e. The molecule has 2 atom stereocenters. The molecule has 0 saturated heterocycles. The van der Waals surface area contributed by atoms with Crippen LogP contribution in [0, 0.1) is 23.5 Å². The highest BCUT2D eigenvalue weighted by Crippen LogP contribution is 2.19. The first-order chi connectivity index (χ1) is 7.95. The molecule has 4 heteroatoms. The molecule has 17 heavy (non-hydrogen) atoms. The molecule has 0 bridgehead atoms. The van der Waals surface area contributed by atoms with Gasteiger partial charge in [0.05, 0.1) is 0 Å². The Kier molecular flexibility index (Phi) is 5.02. The molecule has 0 aliphatic heterocycles. The van der Waals surface area contributed by atoms with Crippen LogP contribution in [0.15, 0.2) is 18.2 Å². The molecule has 96 valence electrons. The van der Waals surface area contributed by atoms with Crippen molar-refractivity contribution in [3.05, 3.63) is 35.4 Å². The van der Waals surface area contributed by atoms with Crippen molar-refractivity contribution in [2.24, 2.45) is 17.7 Å². The highest BCUT2D eigenvalue weighted by molar-refractivity contribution is 5.19. The summed E-state index contributed by atoms with van der Waals surface area (Å²) in [7, 11) is 0. The molecule has 2 unspecified atom stereocenters. The highest BCUT2D eigenvalue weighted by Gasteiger charge is 2.20. The predicted octanol–water partition coefficient (Wildman–Crippen LogP) is 2.63. The van der Waals surface area contributed by atoms with Gasteiger partial charge in [0.1, 0.15) is 11.6 Å². The molecule has 0 aromatic heterocycles. The summed E-state index contributed by atoms with van der Waals surface area (Å²) >= 11 is 0. The van der Waals surface area contributed by atoms with Crippen LogP contribution in [0.4, 0.5) is 8.78 Å². The van der Waals surface area contributed by atoms with Gasteiger partial charge in [0.25, 0.3) is 0 Å². The average molecular weight is 242 g/mol. The highest BCUT2D eigenvalue weighted by atomic mass is 19.1. The smallest absolute Gasteiger partial charge is 0.129 e. The lowest BCUT2D eigenvalue weighted by molar-refractivity contribution is 0.297. The van der Waals surface area contributed by atoms with E-state index in [0.29, 0.717) is 23.8 Å². The number of hydrogen-bond donors (Lipinski definition) is 2. The van der Waals surface area contributed by atoms with Crippen LogP contribution < -0.4 is 11.3 Å². The maximum absolute atomic E-state index is 13.5. The number of hydrazine groups is 1. The summed E-state index contributed by atoms with van der Waals surface area (Å²) < 4.78 is 26.3. The van der Waals surface area contributed by atoms with Gasteiger partial charge in [0.15, 0.2) is 0 Å². The maximum Gasteiger partial charge on any atom is 0.129 e. The van der Waals surface area contributed by atoms with E-state index in [2.05, 4.69) is 26.2 Å². The first kappa shape index (κ1) is 14.1. The topological polar surface area (TPSA) is 38.0 Å².